The lowest BCUT2D eigenvalue weighted by Crippen LogP contribution is -2.43. The Hall–Kier alpha value is -3.23. The molecule has 0 spiro atoms. The zero-order chi connectivity index (χ0) is 32.0. The molecule has 5 aromatic rings. The van der Waals surface area contributed by atoms with E-state index in [0.29, 0.717) is 17.6 Å². The van der Waals surface area contributed by atoms with Gasteiger partial charge in [0.2, 0.25) is 5.78 Å². The van der Waals surface area contributed by atoms with Crippen LogP contribution in [0.2, 0.25) is 0 Å². The average molecular weight is 699 g/mol. The van der Waals surface area contributed by atoms with Crippen LogP contribution >= 0.6 is 14.5 Å². The first-order chi connectivity index (χ1) is 22.0. The number of alkyl halides is 1. The fourth-order valence-electron chi connectivity index (χ4n) is 6.17. The number of nitrogens with two attached hydrogens (primary N) is 1. The normalized spacial score (nSPS) is 35.7. The standard InChI is InChI=1S/C23H25FN10O9P2S/c24-14-13-6-40-44(36,37)39-5-11-10(3-12(11)33-8-29-15-18(25)27-7-28-19(15)33)4-41-45(38,46)43-17(14)22(42-13)34-9-30-16-20(34)31-23-26-1-2-32(23)21(16)35/h1-2,7-14,17,22H,3-6H2,(H,26,31)(H,36,37)(H,38,46)(H2,25,27,28)/t10-,11-,12-,13-,14-,17-,22-,45?/m1/s1. The molecule has 23 heteroatoms. The number of nitrogens with one attached hydrogen (secondary N) is 1. The van der Waals surface area contributed by atoms with Gasteiger partial charge in [-0.15, -0.1) is 0 Å². The van der Waals surface area contributed by atoms with Crippen molar-refractivity contribution in [1.29, 1.82) is 0 Å². The fourth-order valence-corrected chi connectivity index (χ4v) is 8.39. The smallest absolute Gasteiger partial charge is 0.382 e. The van der Waals surface area contributed by atoms with Gasteiger partial charge in [-0.25, -0.2) is 28.9 Å². The van der Waals surface area contributed by atoms with E-state index in [2.05, 4.69) is 29.9 Å². The van der Waals surface area contributed by atoms with Crippen LogP contribution < -0.4 is 11.3 Å². The molecule has 19 nitrogen and oxygen atoms in total. The monoisotopic (exact) mass is 698 g/mol. The number of nitrogen functional groups attached to an aromatic ring is 1. The van der Waals surface area contributed by atoms with Gasteiger partial charge in [-0.1, -0.05) is 0 Å². The number of anilines is 1. The van der Waals surface area contributed by atoms with Gasteiger partial charge in [0.1, 0.15) is 24.1 Å². The Morgan fingerprint density at radius 1 is 1.04 bits per heavy atom. The van der Waals surface area contributed by atoms with Crippen LogP contribution in [0, 0.1) is 11.8 Å². The average Bonchev–Trinajstić information content (AvgIpc) is 3.79. The van der Waals surface area contributed by atoms with Crippen molar-refractivity contribution >= 4 is 60.3 Å². The van der Waals surface area contributed by atoms with E-state index in [9.17, 15) is 19.1 Å². The molecule has 46 heavy (non-hydrogen) atoms. The molecule has 1 aliphatic carbocycles. The summed E-state index contributed by atoms with van der Waals surface area (Å²) < 4.78 is 61.0. The number of aromatic amines is 1. The van der Waals surface area contributed by atoms with Crippen molar-refractivity contribution in [2.75, 3.05) is 25.6 Å². The predicted octanol–water partition coefficient (Wildman–Crippen LogP) is 0.973. The lowest BCUT2D eigenvalue weighted by Gasteiger charge is -2.45. The first-order valence-corrected chi connectivity index (χ1v) is 18.0. The van der Waals surface area contributed by atoms with E-state index in [1.54, 1.807) is 4.57 Å². The van der Waals surface area contributed by atoms with Crippen molar-refractivity contribution in [2.45, 2.75) is 37.1 Å². The lowest BCUT2D eigenvalue weighted by molar-refractivity contribution is -0.0477. The second kappa shape index (κ2) is 10.9. The highest BCUT2D eigenvalue weighted by molar-refractivity contribution is 8.07. The topological polar surface area (TPSA) is 241 Å². The van der Waals surface area contributed by atoms with Gasteiger partial charge in [0, 0.05) is 24.4 Å². The minimum atomic E-state index is -4.72. The molecule has 7 heterocycles. The van der Waals surface area contributed by atoms with E-state index in [4.69, 9.17) is 40.4 Å². The number of hydrogen-bond acceptors (Lipinski definition) is 14. The van der Waals surface area contributed by atoms with Crippen LogP contribution in [-0.4, -0.2) is 91.4 Å². The molecule has 1 saturated carbocycles. The second-order valence-corrected chi connectivity index (χ2v) is 15.4. The maximum Gasteiger partial charge on any atom is 0.472 e. The fraction of sp³-hybridized carbons (Fsp3) is 0.478. The summed E-state index contributed by atoms with van der Waals surface area (Å²) in [6.45, 7) is -5.27. The molecule has 2 bridgehead atoms. The van der Waals surface area contributed by atoms with Crippen LogP contribution in [0.15, 0.2) is 36.2 Å². The van der Waals surface area contributed by atoms with E-state index in [0.717, 1.165) is 0 Å². The van der Waals surface area contributed by atoms with Gasteiger partial charge in [0.15, 0.2) is 35.0 Å². The lowest BCUT2D eigenvalue weighted by atomic mass is 9.70. The molecule has 2 unspecified atom stereocenters. The summed E-state index contributed by atoms with van der Waals surface area (Å²) in [6.07, 6.45) is 0.967. The highest BCUT2D eigenvalue weighted by Gasteiger charge is 2.52. The number of ether oxygens (including phenoxy) is 1. The van der Waals surface area contributed by atoms with Crippen LogP contribution in [0.1, 0.15) is 18.7 Å². The van der Waals surface area contributed by atoms with Gasteiger partial charge in [0.05, 0.1) is 32.5 Å². The molecule has 5 aromatic heterocycles. The number of H-pyrrole nitrogens is 1. The third kappa shape index (κ3) is 4.98. The molecule has 5 N–H and O–H groups in total. The summed E-state index contributed by atoms with van der Waals surface area (Å²) in [7, 11) is -4.72. The summed E-state index contributed by atoms with van der Waals surface area (Å²) >= 11 is 5.30. The van der Waals surface area contributed by atoms with Crippen molar-refractivity contribution in [3.63, 3.8) is 0 Å². The highest BCUT2D eigenvalue weighted by Crippen LogP contribution is 2.55. The summed E-state index contributed by atoms with van der Waals surface area (Å²) in [5, 5.41) is 0. The Morgan fingerprint density at radius 2 is 1.83 bits per heavy atom. The first-order valence-electron chi connectivity index (χ1n) is 13.9. The third-order valence-corrected chi connectivity index (χ3v) is 11.0. The number of phosphoric acid groups is 1. The predicted molar refractivity (Wildman–Crippen MR) is 157 cm³/mol. The number of aromatic nitrogens is 9. The van der Waals surface area contributed by atoms with Crippen LogP contribution in [0.25, 0.3) is 28.1 Å². The molecule has 3 fully saturated rings. The molecular formula is C23H25FN10O9P2S. The SMILES string of the molecule is Nc1ncnc2c1ncn2[C@@H]1C[C@@H]2COP(O)(=S)O[C@@H]3[C@H](F)[C@@H](COP(=O)(O)OC[C@H]21)O[C@H]3n1cnc2c(=O)n3cc[nH]c3nc21. The molecule has 0 radical (unpaired) electrons. The molecule has 2 aliphatic heterocycles. The molecule has 9 atom stereocenters. The Kier molecular flexibility index (Phi) is 7.15. The zero-order valence-corrected chi connectivity index (χ0v) is 25.9. The van der Waals surface area contributed by atoms with Crippen LogP contribution in [0.3, 0.4) is 0 Å². The molecule has 0 aromatic carbocycles. The van der Waals surface area contributed by atoms with E-state index >= 15 is 4.39 Å². The Morgan fingerprint density at radius 3 is 2.67 bits per heavy atom. The second-order valence-electron chi connectivity index (χ2n) is 11.1. The first kappa shape index (κ1) is 30.1. The molecule has 244 valence electrons. The molecule has 2 saturated heterocycles. The summed E-state index contributed by atoms with van der Waals surface area (Å²) in [6, 6.07) is -0.311. The maximum atomic E-state index is 15.9. The number of halogens is 1. The summed E-state index contributed by atoms with van der Waals surface area (Å²) in [5.74, 6) is -0.406. The minimum absolute atomic E-state index is 0.0310. The van der Waals surface area contributed by atoms with Crippen molar-refractivity contribution < 1.29 is 41.6 Å². The third-order valence-electron chi connectivity index (χ3n) is 8.53. The number of phosphoric ester groups is 1. The van der Waals surface area contributed by atoms with Crippen molar-refractivity contribution in [3.8, 4) is 0 Å². The minimum Gasteiger partial charge on any atom is -0.382 e. The van der Waals surface area contributed by atoms with Crippen molar-refractivity contribution in [1.82, 2.24) is 43.4 Å². The van der Waals surface area contributed by atoms with Gasteiger partial charge < -0.3 is 34.3 Å². The van der Waals surface area contributed by atoms with Crippen molar-refractivity contribution in [3.05, 3.63) is 41.7 Å². The van der Waals surface area contributed by atoms with Crippen LogP contribution in [0.4, 0.5) is 10.2 Å². The zero-order valence-electron chi connectivity index (χ0n) is 23.3. The van der Waals surface area contributed by atoms with Gasteiger partial charge in [-0.05, 0) is 24.1 Å². The van der Waals surface area contributed by atoms with Crippen LogP contribution in [-0.2, 0) is 39.2 Å². The molecular weight excluding hydrogens is 673 g/mol. The van der Waals surface area contributed by atoms with Crippen molar-refractivity contribution in [2.24, 2.45) is 11.8 Å². The number of fused-ring (bicyclic) bond motifs is 6. The number of imidazole rings is 3. The number of rotatable bonds is 2. The van der Waals surface area contributed by atoms with E-state index in [1.165, 1.54) is 40.3 Å². The Balaban J connectivity index is 1.10. The van der Waals surface area contributed by atoms with E-state index in [-0.39, 0.29) is 47.9 Å². The molecule has 0 amide bonds. The molecule has 8 rings (SSSR count). The van der Waals surface area contributed by atoms with Gasteiger partial charge in [-0.2, -0.15) is 4.98 Å². The van der Waals surface area contributed by atoms with E-state index in [1.807, 2.05) is 0 Å². The van der Waals surface area contributed by atoms with Gasteiger partial charge in [0.25, 0.3) is 5.56 Å². The van der Waals surface area contributed by atoms with Gasteiger partial charge in [-0.3, -0.25) is 27.3 Å². The molecule has 3 aliphatic rings. The summed E-state index contributed by atoms with van der Waals surface area (Å²) in [4.78, 5) is 58.4. The Bertz CT molecular complexity index is 2140. The Labute approximate surface area is 261 Å². The number of nitrogens with zero attached hydrogens (tertiary/aromatic N) is 8. The maximum absolute atomic E-state index is 15.9. The summed E-state index contributed by atoms with van der Waals surface area (Å²) in [5.41, 5.74) is 6.29. The van der Waals surface area contributed by atoms with E-state index < -0.39 is 57.2 Å². The highest BCUT2D eigenvalue weighted by atomic mass is 32.5. The quantitative estimate of drug-likeness (QED) is 0.188. The largest absolute Gasteiger partial charge is 0.472 e. The van der Waals surface area contributed by atoms with Gasteiger partial charge >= 0.3 is 14.5 Å². The van der Waals surface area contributed by atoms with Crippen LogP contribution in [0.5, 0.6) is 0 Å². The number of hydrogen-bond donors (Lipinski definition) is 4.